The number of amidine groups is 1. The highest BCUT2D eigenvalue weighted by atomic mass is 35.5. The Morgan fingerprint density at radius 2 is 2.10 bits per heavy atom. The van der Waals surface area contributed by atoms with Gasteiger partial charge in [-0.05, 0) is 11.4 Å². The Bertz CT molecular complexity index is 186. The molecule has 58 valence electrons. The van der Waals surface area contributed by atoms with Crippen molar-refractivity contribution in [2.24, 2.45) is 5.73 Å². The lowest BCUT2D eigenvalue weighted by atomic mass is 10.3. The number of hydrogen-bond donors (Lipinski definition) is 2. The summed E-state index contributed by atoms with van der Waals surface area (Å²) in [6, 6.07) is 1.83. The molecule has 0 amide bonds. The molecule has 5 heteroatoms. The first kappa shape index (κ1) is 12.4. The first-order valence-electron chi connectivity index (χ1n) is 2.17. The van der Waals surface area contributed by atoms with Crippen molar-refractivity contribution in [2.45, 2.75) is 0 Å². The average Bonchev–Trinajstić information content (AvgIpc) is 2.12. The van der Waals surface area contributed by atoms with Gasteiger partial charge in [-0.25, -0.2) is 0 Å². The lowest BCUT2D eigenvalue weighted by molar-refractivity contribution is 1.44. The predicted molar refractivity (Wildman–Crippen MR) is 49.8 cm³/mol. The molecule has 0 spiro atoms. The van der Waals surface area contributed by atoms with Gasteiger partial charge in [0.25, 0.3) is 0 Å². The van der Waals surface area contributed by atoms with Crippen molar-refractivity contribution in [3.8, 4) is 0 Å². The largest absolute Gasteiger partial charge is 0.384 e. The van der Waals surface area contributed by atoms with E-state index in [0.717, 1.165) is 5.56 Å². The lowest BCUT2D eigenvalue weighted by Crippen LogP contribution is -2.08. The van der Waals surface area contributed by atoms with E-state index in [0.29, 0.717) is 0 Å². The fourth-order valence-electron chi connectivity index (χ4n) is 0.418. The van der Waals surface area contributed by atoms with Gasteiger partial charge in [-0.3, -0.25) is 5.41 Å². The van der Waals surface area contributed by atoms with Crippen molar-refractivity contribution in [3.05, 3.63) is 22.4 Å². The van der Waals surface area contributed by atoms with Crippen molar-refractivity contribution in [2.75, 3.05) is 0 Å². The van der Waals surface area contributed by atoms with Gasteiger partial charge in [-0.2, -0.15) is 11.3 Å². The van der Waals surface area contributed by atoms with E-state index in [1.54, 1.807) is 11.3 Å². The van der Waals surface area contributed by atoms with Crippen LogP contribution in [-0.4, -0.2) is 5.84 Å². The van der Waals surface area contributed by atoms with Crippen LogP contribution in [0.1, 0.15) is 5.56 Å². The van der Waals surface area contributed by atoms with Crippen LogP contribution in [0.2, 0.25) is 0 Å². The van der Waals surface area contributed by atoms with E-state index in [1.807, 2.05) is 16.8 Å². The number of nitrogen functional groups attached to an aromatic ring is 1. The quantitative estimate of drug-likeness (QED) is 0.526. The summed E-state index contributed by atoms with van der Waals surface area (Å²) in [4.78, 5) is 0. The van der Waals surface area contributed by atoms with Crippen molar-refractivity contribution in [3.63, 3.8) is 0 Å². The molecule has 0 bridgehead atoms. The molecule has 1 aromatic heterocycles. The second-order valence-electron chi connectivity index (χ2n) is 1.43. The third-order valence-electron chi connectivity index (χ3n) is 0.832. The van der Waals surface area contributed by atoms with Gasteiger partial charge in [0.2, 0.25) is 0 Å². The van der Waals surface area contributed by atoms with Crippen molar-refractivity contribution < 1.29 is 0 Å². The van der Waals surface area contributed by atoms with Gasteiger partial charge in [0.15, 0.2) is 0 Å². The van der Waals surface area contributed by atoms with Gasteiger partial charge in [-0.1, -0.05) is 0 Å². The van der Waals surface area contributed by atoms with Crippen LogP contribution in [0, 0.1) is 5.41 Å². The fourth-order valence-corrected chi connectivity index (χ4v) is 1.07. The first-order chi connectivity index (χ1) is 3.80. The highest BCUT2D eigenvalue weighted by Crippen LogP contribution is 2.03. The molecular formula is C5H8Cl2N2S. The molecule has 0 radical (unpaired) electrons. The molecule has 1 rings (SSSR count). The number of rotatable bonds is 1. The van der Waals surface area contributed by atoms with Crippen LogP contribution in [0.15, 0.2) is 16.8 Å². The van der Waals surface area contributed by atoms with Crippen LogP contribution < -0.4 is 5.73 Å². The van der Waals surface area contributed by atoms with Crippen molar-refractivity contribution in [1.82, 2.24) is 0 Å². The fraction of sp³-hybridized carbons (Fsp3) is 0. The van der Waals surface area contributed by atoms with Crippen LogP contribution in [0.5, 0.6) is 0 Å². The van der Waals surface area contributed by atoms with Gasteiger partial charge in [0.1, 0.15) is 5.84 Å². The summed E-state index contributed by atoms with van der Waals surface area (Å²) in [5.74, 6) is 0.145. The molecule has 0 aliphatic heterocycles. The highest BCUT2D eigenvalue weighted by molar-refractivity contribution is 7.08. The normalized spacial score (nSPS) is 7.20. The van der Waals surface area contributed by atoms with Crippen molar-refractivity contribution >= 4 is 42.0 Å². The van der Waals surface area contributed by atoms with Crippen molar-refractivity contribution in [1.29, 1.82) is 5.41 Å². The summed E-state index contributed by atoms with van der Waals surface area (Å²) < 4.78 is 0. The molecular weight excluding hydrogens is 191 g/mol. The van der Waals surface area contributed by atoms with Crippen LogP contribution in [0.4, 0.5) is 0 Å². The minimum Gasteiger partial charge on any atom is -0.384 e. The van der Waals surface area contributed by atoms with Gasteiger partial charge >= 0.3 is 0 Å². The third kappa shape index (κ3) is 3.06. The van der Waals surface area contributed by atoms with Crippen LogP contribution >= 0.6 is 36.2 Å². The molecule has 10 heavy (non-hydrogen) atoms. The SMILES string of the molecule is Cl.Cl.N=C(N)c1ccsc1. The molecule has 2 nitrogen and oxygen atoms in total. The number of nitrogens with one attached hydrogen (secondary N) is 1. The Morgan fingerprint density at radius 1 is 1.50 bits per heavy atom. The van der Waals surface area contributed by atoms with Gasteiger partial charge < -0.3 is 5.73 Å². The Morgan fingerprint density at radius 3 is 2.30 bits per heavy atom. The van der Waals surface area contributed by atoms with Gasteiger partial charge in [-0.15, -0.1) is 24.8 Å². The predicted octanol–water partition coefficient (Wildman–Crippen LogP) is 1.88. The number of hydrogen-bond acceptors (Lipinski definition) is 2. The second kappa shape index (κ2) is 5.53. The molecule has 1 aromatic rings. The molecule has 0 saturated heterocycles. The summed E-state index contributed by atoms with van der Waals surface area (Å²) in [5.41, 5.74) is 5.96. The Kier molecular flexibility index (Phi) is 6.87. The van der Waals surface area contributed by atoms with Gasteiger partial charge in [0, 0.05) is 10.9 Å². The monoisotopic (exact) mass is 198 g/mol. The minimum absolute atomic E-state index is 0. The van der Waals surface area contributed by atoms with E-state index in [-0.39, 0.29) is 30.6 Å². The zero-order chi connectivity index (χ0) is 5.98. The average molecular weight is 199 g/mol. The van der Waals surface area contributed by atoms with E-state index in [9.17, 15) is 0 Å². The Balaban J connectivity index is 0. The van der Waals surface area contributed by atoms with Crippen LogP contribution in [-0.2, 0) is 0 Å². The Labute approximate surface area is 75.8 Å². The lowest BCUT2D eigenvalue weighted by Gasteiger charge is -1.85. The third-order valence-corrected chi connectivity index (χ3v) is 1.52. The summed E-state index contributed by atoms with van der Waals surface area (Å²) in [5, 5.41) is 10.7. The summed E-state index contributed by atoms with van der Waals surface area (Å²) >= 11 is 1.55. The minimum atomic E-state index is 0. The number of halogens is 2. The van der Waals surface area contributed by atoms with E-state index in [4.69, 9.17) is 11.1 Å². The summed E-state index contributed by atoms with van der Waals surface area (Å²) in [6.07, 6.45) is 0. The van der Waals surface area contributed by atoms with Gasteiger partial charge in [0.05, 0.1) is 0 Å². The second-order valence-corrected chi connectivity index (χ2v) is 2.21. The highest BCUT2D eigenvalue weighted by Gasteiger charge is 1.91. The Hall–Kier alpha value is -0.250. The maximum Gasteiger partial charge on any atom is 0.123 e. The van der Waals surface area contributed by atoms with E-state index < -0.39 is 0 Å². The maximum absolute atomic E-state index is 6.94. The smallest absolute Gasteiger partial charge is 0.123 e. The van der Waals surface area contributed by atoms with Crippen LogP contribution in [0.3, 0.4) is 0 Å². The zero-order valence-corrected chi connectivity index (χ0v) is 7.48. The summed E-state index contributed by atoms with van der Waals surface area (Å²) in [7, 11) is 0. The topological polar surface area (TPSA) is 49.9 Å². The molecule has 0 unspecified atom stereocenters. The maximum atomic E-state index is 6.94. The molecule has 0 fully saturated rings. The standard InChI is InChI=1S/C5H6N2S.2ClH/c6-5(7)4-1-2-8-3-4;;/h1-3H,(H3,6,7);2*1H. The van der Waals surface area contributed by atoms with E-state index >= 15 is 0 Å². The zero-order valence-electron chi connectivity index (χ0n) is 5.03. The molecule has 3 N–H and O–H groups in total. The first-order valence-corrected chi connectivity index (χ1v) is 3.11. The molecule has 1 heterocycles. The number of thiophene rings is 1. The number of nitrogens with two attached hydrogens (primary N) is 1. The molecule has 0 aliphatic carbocycles. The molecule has 0 aliphatic rings. The van der Waals surface area contributed by atoms with Crippen LogP contribution in [0.25, 0.3) is 0 Å². The summed E-state index contributed by atoms with van der Waals surface area (Å²) in [6.45, 7) is 0. The van der Waals surface area contributed by atoms with E-state index in [2.05, 4.69) is 0 Å². The molecule has 0 atom stereocenters. The van der Waals surface area contributed by atoms with E-state index in [1.165, 1.54) is 0 Å². The molecule has 0 saturated carbocycles. The molecule has 0 aromatic carbocycles.